The molecule has 2 heterocycles. The number of rotatable bonds is 10. The van der Waals surface area contributed by atoms with Gasteiger partial charge in [-0.2, -0.15) is 0 Å². The molecule has 0 saturated heterocycles. The summed E-state index contributed by atoms with van der Waals surface area (Å²) < 4.78 is 0. The SMILES string of the molecule is CC(C)CC1NCCC2=C1Cc1ccccc12.CCCCC(=O)Cl.CCCCC(=O)N1CCC2=C(Cc3ccccc32)C1CC(C)C. The maximum Gasteiger partial charge on any atom is 0.223 e. The van der Waals surface area contributed by atoms with Crippen molar-refractivity contribution in [3.8, 4) is 0 Å². The molecule has 256 valence electrons. The van der Waals surface area contributed by atoms with Gasteiger partial charge in [-0.15, -0.1) is 0 Å². The lowest BCUT2D eigenvalue weighted by atomic mass is 9.87. The second-order valence-corrected chi connectivity index (χ2v) is 15.0. The molecule has 0 aromatic heterocycles. The van der Waals surface area contributed by atoms with Gasteiger partial charge in [0.25, 0.3) is 0 Å². The van der Waals surface area contributed by atoms with Gasteiger partial charge in [-0.05, 0) is 126 Å². The fourth-order valence-corrected chi connectivity index (χ4v) is 7.85. The van der Waals surface area contributed by atoms with Gasteiger partial charge in [0.05, 0.1) is 6.04 Å². The van der Waals surface area contributed by atoms with Crippen LogP contribution < -0.4 is 5.32 Å². The van der Waals surface area contributed by atoms with E-state index >= 15 is 0 Å². The van der Waals surface area contributed by atoms with Gasteiger partial charge in [-0.1, -0.05) is 103 Å². The summed E-state index contributed by atoms with van der Waals surface area (Å²) in [5, 5.41) is 3.48. The quantitative estimate of drug-likeness (QED) is 0.259. The van der Waals surface area contributed by atoms with E-state index in [1.807, 2.05) is 6.92 Å². The maximum atomic E-state index is 12.7. The molecule has 0 spiro atoms. The van der Waals surface area contributed by atoms with Crippen molar-refractivity contribution in [3.05, 3.63) is 81.9 Å². The number of nitrogens with zero attached hydrogens (tertiary/aromatic N) is 1. The van der Waals surface area contributed by atoms with E-state index in [0.717, 1.165) is 64.0 Å². The molecule has 6 rings (SSSR count). The highest BCUT2D eigenvalue weighted by Crippen LogP contribution is 2.43. The van der Waals surface area contributed by atoms with Crippen LogP contribution >= 0.6 is 11.6 Å². The van der Waals surface area contributed by atoms with Gasteiger partial charge in [0.2, 0.25) is 11.1 Å². The number of hydrogen-bond acceptors (Lipinski definition) is 3. The summed E-state index contributed by atoms with van der Waals surface area (Å²) in [6.45, 7) is 15.4. The smallest absolute Gasteiger partial charge is 0.223 e. The molecule has 47 heavy (non-hydrogen) atoms. The van der Waals surface area contributed by atoms with Gasteiger partial charge in [0.15, 0.2) is 0 Å². The molecule has 2 atom stereocenters. The number of nitrogens with one attached hydrogen (secondary N) is 1. The molecule has 2 aromatic rings. The predicted molar refractivity (Wildman–Crippen MR) is 199 cm³/mol. The summed E-state index contributed by atoms with van der Waals surface area (Å²) >= 11 is 5.02. The third-order valence-corrected chi connectivity index (χ3v) is 10.2. The normalized spacial score (nSPS) is 19.4. The number of fused-ring (bicyclic) bond motifs is 4. The number of amides is 1. The molecular formula is C42H59ClN2O2. The van der Waals surface area contributed by atoms with Crippen LogP contribution in [0.3, 0.4) is 0 Å². The molecule has 0 radical (unpaired) electrons. The molecule has 2 unspecified atom stereocenters. The predicted octanol–water partition coefficient (Wildman–Crippen LogP) is 10.2. The number of carbonyl (C=O) groups is 2. The van der Waals surface area contributed by atoms with Gasteiger partial charge >= 0.3 is 0 Å². The van der Waals surface area contributed by atoms with Gasteiger partial charge in [-0.25, -0.2) is 0 Å². The van der Waals surface area contributed by atoms with Crippen molar-refractivity contribution in [1.82, 2.24) is 10.2 Å². The zero-order valence-corrected chi connectivity index (χ0v) is 30.7. The first-order valence-electron chi connectivity index (χ1n) is 18.5. The lowest BCUT2D eigenvalue weighted by Gasteiger charge is -2.38. The van der Waals surface area contributed by atoms with Crippen molar-refractivity contribution >= 4 is 33.9 Å². The molecule has 5 heteroatoms. The van der Waals surface area contributed by atoms with E-state index in [9.17, 15) is 9.59 Å². The molecule has 0 fully saturated rings. The van der Waals surface area contributed by atoms with Crippen LogP contribution in [0.25, 0.3) is 11.1 Å². The van der Waals surface area contributed by atoms with E-state index in [1.165, 1.54) is 52.7 Å². The third kappa shape index (κ3) is 9.92. The van der Waals surface area contributed by atoms with Crippen molar-refractivity contribution < 1.29 is 9.59 Å². The van der Waals surface area contributed by atoms with Crippen LogP contribution in [0.2, 0.25) is 0 Å². The minimum absolute atomic E-state index is 0.221. The monoisotopic (exact) mass is 658 g/mol. The number of halogens is 1. The van der Waals surface area contributed by atoms with Crippen LogP contribution in [-0.2, 0) is 22.4 Å². The molecule has 4 aliphatic rings. The third-order valence-electron chi connectivity index (χ3n) is 9.98. The molecular weight excluding hydrogens is 600 g/mol. The summed E-state index contributed by atoms with van der Waals surface area (Å²) in [6.07, 6.45) is 12.1. The van der Waals surface area contributed by atoms with Crippen LogP contribution in [0.4, 0.5) is 0 Å². The summed E-state index contributed by atoms with van der Waals surface area (Å²) in [7, 11) is 0. The van der Waals surface area contributed by atoms with Crippen molar-refractivity contribution in [3.63, 3.8) is 0 Å². The topological polar surface area (TPSA) is 49.4 Å². The van der Waals surface area contributed by atoms with E-state index in [-0.39, 0.29) is 5.24 Å². The summed E-state index contributed by atoms with van der Waals surface area (Å²) in [5.41, 5.74) is 12.3. The van der Waals surface area contributed by atoms with Crippen molar-refractivity contribution in [2.45, 2.75) is 131 Å². The van der Waals surface area contributed by atoms with Crippen LogP contribution in [-0.4, -0.2) is 41.2 Å². The van der Waals surface area contributed by atoms with Crippen molar-refractivity contribution in [1.29, 1.82) is 0 Å². The Kier molecular flexibility index (Phi) is 14.4. The maximum absolute atomic E-state index is 12.7. The standard InChI is InChI=1S/C21H29NO.C16H21N.C5H9ClO/c1-4-5-10-21(23)22-12-11-18-17-9-7-6-8-16(17)14-19(18)20(22)13-15(2)3;1-11(2)9-16-15-10-12-5-3-4-6-13(12)14(15)7-8-17-16;1-2-3-4-5(6)7/h6-9,15,20H,4-5,10-14H2,1-3H3;3-6,11,16-17H,7-10H2,1-2H3;2-4H2,1H3. The molecule has 2 aliphatic heterocycles. The molecule has 2 aromatic carbocycles. The van der Waals surface area contributed by atoms with E-state index in [2.05, 4.69) is 93.4 Å². The average Bonchev–Trinajstić information content (AvgIpc) is 3.62. The zero-order chi connectivity index (χ0) is 33.9. The minimum atomic E-state index is -0.221. The first-order chi connectivity index (χ1) is 22.6. The Bertz CT molecular complexity index is 1420. The Balaban J connectivity index is 0.000000182. The minimum Gasteiger partial charge on any atom is -0.336 e. The van der Waals surface area contributed by atoms with E-state index in [1.54, 1.807) is 11.1 Å². The first kappa shape index (κ1) is 37.1. The number of hydrogen-bond donors (Lipinski definition) is 1. The number of benzene rings is 2. The van der Waals surface area contributed by atoms with E-state index in [4.69, 9.17) is 11.6 Å². The number of carbonyl (C=O) groups excluding carboxylic acids is 2. The summed E-state index contributed by atoms with van der Waals surface area (Å²) in [6, 6.07) is 18.7. The Hall–Kier alpha value is -2.69. The van der Waals surface area contributed by atoms with Gasteiger partial charge < -0.3 is 10.2 Å². The van der Waals surface area contributed by atoms with Gasteiger partial charge in [0, 0.05) is 25.4 Å². The second kappa shape index (κ2) is 18.2. The Labute approximate surface area is 290 Å². The highest BCUT2D eigenvalue weighted by atomic mass is 35.5. The Morgan fingerprint density at radius 2 is 1.34 bits per heavy atom. The largest absolute Gasteiger partial charge is 0.336 e. The molecule has 0 saturated carbocycles. The van der Waals surface area contributed by atoms with Gasteiger partial charge in [0.1, 0.15) is 0 Å². The highest BCUT2D eigenvalue weighted by Gasteiger charge is 2.36. The van der Waals surface area contributed by atoms with Crippen LogP contribution in [0, 0.1) is 11.8 Å². The molecule has 1 amide bonds. The molecule has 4 nitrogen and oxygen atoms in total. The fourth-order valence-electron chi connectivity index (χ4n) is 7.72. The lowest BCUT2D eigenvalue weighted by molar-refractivity contribution is -0.133. The average molecular weight is 659 g/mol. The van der Waals surface area contributed by atoms with E-state index in [0.29, 0.717) is 36.8 Å². The summed E-state index contributed by atoms with van der Waals surface area (Å²) in [5.74, 6) is 1.74. The van der Waals surface area contributed by atoms with Gasteiger partial charge in [-0.3, -0.25) is 9.59 Å². The van der Waals surface area contributed by atoms with Crippen molar-refractivity contribution in [2.75, 3.05) is 13.1 Å². The molecule has 0 bridgehead atoms. The van der Waals surface area contributed by atoms with E-state index < -0.39 is 0 Å². The van der Waals surface area contributed by atoms with Crippen LogP contribution in [0.1, 0.15) is 128 Å². The second-order valence-electron chi connectivity index (χ2n) is 14.6. The zero-order valence-electron chi connectivity index (χ0n) is 30.0. The lowest BCUT2D eigenvalue weighted by Crippen LogP contribution is -2.45. The first-order valence-corrected chi connectivity index (χ1v) is 18.8. The molecule has 2 aliphatic carbocycles. The number of unbranched alkanes of at least 4 members (excludes halogenated alkanes) is 2. The Morgan fingerprint density at radius 1 is 0.787 bits per heavy atom. The summed E-state index contributed by atoms with van der Waals surface area (Å²) in [4.78, 5) is 24.9. The van der Waals surface area contributed by atoms with Crippen molar-refractivity contribution in [2.24, 2.45) is 11.8 Å². The fraction of sp³-hybridized carbons (Fsp3) is 0.571. The highest BCUT2D eigenvalue weighted by molar-refractivity contribution is 6.63. The molecule has 1 N–H and O–H groups in total. The Morgan fingerprint density at radius 3 is 1.89 bits per heavy atom. The van der Waals surface area contributed by atoms with Crippen LogP contribution in [0.5, 0.6) is 0 Å². The van der Waals surface area contributed by atoms with Crippen LogP contribution in [0.15, 0.2) is 59.7 Å².